The molecule has 1 fully saturated rings. The zero-order valence-corrected chi connectivity index (χ0v) is 14.6. The van der Waals surface area contributed by atoms with E-state index in [4.69, 9.17) is 9.57 Å². The minimum atomic E-state index is -0.614. The first-order valence-electron chi connectivity index (χ1n) is 8.81. The zero-order valence-electron chi connectivity index (χ0n) is 14.6. The van der Waals surface area contributed by atoms with Gasteiger partial charge < -0.3 is 4.74 Å². The molecule has 0 aliphatic carbocycles. The van der Waals surface area contributed by atoms with Gasteiger partial charge in [-0.05, 0) is 25.3 Å². The maximum absolute atomic E-state index is 12.7. The third-order valence-electron chi connectivity index (χ3n) is 4.16. The molecule has 132 valence electrons. The Labute approximate surface area is 143 Å². The van der Waals surface area contributed by atoms with Gasteiger partial charge in [0.25, 0.3) is 0 Å². The number of carbonyl (C=O) groups excluding carboxylic acids is 2. The summed E-state index contributed by atoms with van der Waals surface area (Å²) < 4.78 is 5.01. The fourth-order valence-electron chi connectivity index (χ4n) is 2.75. The maximum atomic E-state index is 12.7. The second-order valence-electron chi connectivity index (χ2n) is 6.24. The molecule has 24 heavy (non-hydrogen) atoms. The fourth-order valence-corrected chi connectivity index (χ4v) is 2.75. The van der Waals surface area contributed by atoms with Crippen molar-refractivity contribution >= 4 is 11.9 Å². The number of carbonyl (C=O) groups is 2. The molecule has 0 aromatic heterocycles. The number of ether oxygens (including phenoxy) is 1. The Morgan fingerprint density at radius 2 is 2.12 bits per heavy atom. The molecule has 5 heteroatoms. The standard InChI is InChI=1S/C19H27NO4/c1-3-4-8-15(2)24-20(17-13-14-23-19(17)22)18(21)12-11-16-9-6-5-7-10-16/h5-7,9-10,15,17H,3-4,8,11-14H2,1-2H3/t15?,17-/m0/s1. The molecule has 0 saturated carbocycles. The highest BCUT2D eigenvalue weighted by atomic mass is 16.7. The Kier molecular flexibility index (Phi) is 7.25. The molecule has 1 amide bonds. The monoisotopic (exact) mass is 333 g/mol. The van der Waals surface area contributed by atoms with E-state index in [1.54, 1.807) is 0 Å². The SMILES string of the molecule is CCCCC(C)ON(C(=O)CCc1ccccc1)[C@H]1CCOC1=O. The van der Waals surface area contributed by atoms with Crippen LogP contribution in [0.2, 0.25) is 0 Å². The van der Waals surface area contributed by atoms with E-state index in [1.165, 1.54) is 5.06 Å². The summed E-state index contributed by atoms with van der Waals surface area (Å²) in [5.41, 5.74) is 1.10. The van der Waals surface area contributed by atoms with Gasteiger partial charge in [-0.3, -0.25) is 9.63 Å². The third kappa shape index (κ3) is 5.34. The van der Waals surface area contributed by atoms with Gasteiger partial charge in [-0.2, -0.15) is 0 Å². The Morgan fingerprint density at radius 3 is 2.75 bits per heavy atom. The highest BCUT2D eigenvalue weighted by molar-refractivity contribution is 5.84. The van der Waals surface area contributed by atoms with Crippen LogP contribution in [0.5, 0.6) is 0 Å². The second-order valence-corrected chi connectivity index (χ2v) is 6.24. The Hall–Kier alpha value is -1.88. The van der Waals surface area contributed by atoms with Crippen LogP contribution in [0, 0.1) is 0 Å². The van der Waals surface area contributed by atoms with Crippen LogP contribution in [0.4, 0.5) is 0 Å². The van der Waals surface area contributed by atoms with Gasteiger partial charge in [-0.15, -0.1) is 0 Å². The second kappa shape index (κ2) is 9.42. The molecule has 1 saturated heterocycles. The lowest BCUT2D eigenvalue weighted by molar-refractivity contribution is -0.219. The average molecular weight is 333 g/mol. The summed E-state index contributed by atoms with van der Waals surface area (Å²) in [7, 11) is 0. The molecule has 2 rings (SSSR count). The molecule has 0 bridgehead atoms. The number of cyclic esters (lactones) is 1. The van der Waals surface area contributed by atoms with Gasteiger partial charge >= 0.3 is 5.97 Å². The van der Waals surface area contributed by atoms with E-state index in [1.807, 2.05) is 37.3 Å². The van der Waals surface area contributed by atoms with Crippen molar-refractivity contribution < 1.29 is 19.2 Å². The number of unbranched alkanes of at least 4 members (excludes halogenated alkanes) is 1. The highest BCUT2D eigenvalue weighted by Crippen LogP contribution is 2.19. The van der Waals surface area contributed by atoms with Crippen LogP contribution in [0.1, 0.15) is 51.5 Å². The van der Waals surface area contributed by atoms with E-state index in [-0.39, 0.29) is 18.0 Å². The largest absolute Gasteiger partial charge is 0.464 e. The van der Waals surface area contributed by atoms with Crippen molar-refractivity contribution in [3.63, 3.8) is 0 Å². The topological polar surface area (TPSA) is 55.8 Å². The summed E-state index contributed by atoms with van der Waals surface area (Å²) in [6, 6.07) is 9.23. The van der Waals surface area contributed by atoms with Crippen molar-refractivity contribution in [1.29, 1.82) is 0 Å². The van der Waals surface area contributed by atoms with Crippen LogP contribution in [0.15, 0.2) is 30.3 Å². The molecule has 1 aromatic rings. The molecular weight excluding hydrogens is 306 g/mol. The van der Waals surface area contributed by atoms with Gasteiger partial charge in [0.15, 0.2) is 6.04 Å². The Balaban J connectivity index is 1.98. The van der Waals surface area contributed by atoms with Gasteiger partial charge in [-0.1, -0.05) is 50.1 Å². The van der Waals surface area contributed by atoms with Crippen LogP contribution >= 0.6 is 0 Å². The molecule has 1 aromatic carbocycles. The lowest BCUT2D eigenvalue weighted by Gasteiger charge is -2.28. The normalized spacial score (nSPS) is 18.2. The van der Waals surface area contributed by atoms with Crippen molar-refractivity contribution in [2.45, 2.75) is 64.5 Å². The van der Waals surface area contributed by atoms with Crippen molar-refractivity contribution in [2.24, 2.45) is 0 Å². The van der Waals surface area contributed by atoms with E-state index in [2.05, 4.69) is 6.92 Å². The number of rotatable bonds is 9. The van der Waals surface area contributed by atoms with Crippen LogP contribution in [0.25, 0.3) is 0 Å². The van der Waals surface area contributed by atoms with Crippen LogP contribution in [-0.2, 0) is 25.6 Å². The summed E-state index contributed by atoms with van der Waals surface area (Å²) in [5, 5.41) is 1.28. The van der Waals surface area contributed by atoms with Gasteiger partial charge in [0.05, 0.1) is 12.7 Å². The maximum Gasteiger partial charge on any atom is 0.331 e. The summed E-state index contributed by atoms with van der Waals surface area (Å²) in [6.07, 6.45) is 4.30. The summed E-state index contributed by atoms with van der Waals surface area (Å²) in [6.45, 7) is 4.40. The number of hydroxylamine groups is 2. The lowest BCUT2D eigenvalue weighted by atomic mass is 10.1. The first-order chi connectivity index (χ1) is 11.6. The van der Waals surface area contributed by atoms with E-state index >= 15 is 0 Å². The van der Waals surface area contributed by atoms with E-state index < -0.39 is 6.04 Å². The van der Waals surface area contributed by atoms with Crippen molar-refractivity contribution in [3.8, 4) is 0 Å². The predicted octanol–water partition coefficient (Wildman–Crippen LogP) is 3.27. The smallest absolute Gasteiger partial charge is 0.331 e. The number of hydrogen-bond acceptors (Lipinski definition) is 4. The molecule has 1 unspecified atom stereocenters. The molecular formula is C19H27NO4. The van der Waals surface area contributed by atoms with Crippen LogP contribution in [-0.4, -0.2) is 35.7 Å². The molecule has 0 spiro atoms. The highest BCUT2D eigenvalue weighted by Gasteiger charge is 2.37. The number of aryl methyl sites for hydroxylation is 1. The molecule has 5 nitrogen and oxygen atoms in total. The van der Waals surface area contributed by atoms with E-state index in [0.717, 1.165) is 24.8 Å². The Morgan fingerprint density at radius 1 is 1.38 bits per heavy atom. The number of hydrogen-bond donors (Lipinski definition) is 0. The molecule has 0 radical (unpaired) electrons. The molecule has 0 N–H and O–H groups in total. The van der Waals surface area contributed by atoms with Gasteiger partial charge in [-0.25, -0.2) is 9.86 Å². The number of nitrogens with zero attached hydrogens (tertiary/aromatic N) is 1. The number of esters is 1. The van der Waals surface area contributed by atoms with E-state index in [9.17, 15) is 9.59 Å². The van der Waals surface area contributed by atoms with Gasteiger partial charge in [0.2, 0.25) is 5.91 Å². The van der Waals surface area contributed by atoms with Crippen molar-refractivity contribution in [3.05, 3.63) is 35.9 Å². The number of amides is 1. The minimum absolute atomic E-state index is 0.0981. The molecule has 1 aliphatic rings. The first kappa shape index (κ1) is 18.5. The zero-order chi connectivity index (χ0) is 17.4. The summed E-state index contributed by atoms with van der Waals surface area (Å²) in [5.74, 6) is -0.531. The van der Waals surface area contributed by atoms with Crippen molar-refractivity contribution in [1.82, 2.24) is 5.06 Å². The average Bonchev–Trinajstić information content (AvgIpc) is 3.02. The van der Waals surface area contributed by atoms with Crippen molar-refractivity contribution in [2.75, 3.05) is 6.61 Å². The minimum Gasteiger partial charge on any atom is -0.464 e. The molecule has 1 heterocycles. The van der Waals surface area contributed by atoms with Crippen LogP contribution < -0.4 is 0 Å². The molecule has 2 atom stereocenters. The Bertz CT molecular complexity index is 531. The van der Waals surface area contributed by atoms with Gasteiger partial charge in [0, 0.05) is 12.8 Å². The summed E-state index contributed by atoms with van der Waals surface area (Å²) >= 11 is 0. The molecule has 1 aliphatic heterocycles. The van der Waals surface area contributed by atoms with Gasteiger partial charge in [0.1, 0.15) is 0 Å². The number of benzene rings is 1. The lowest BCUT2D eigenvalue weighted by Crippen LogP contribution is -2.44. The first-order valence-corrected chi connectivity index (χ1v) is 8.81. The third-order valence-corrected chi connectivity index (χ3v) is 4.16. The van der Waals surface area contributed by atoms with E-state index in [0.29, 0.717) is 25.9 Å². The van der Waals surface area contributed by atoms with Crippen LogP contribution in [0.3, 0.4) is 0 Å². The predicted molar refractivity (Wildman–Crippen MR) is 91.0 cm³/mol. The fraction of sp³-hybridized carbons (Fsp3) is 0.579. The quantitative estimate of drug-likeness (QED) is 0.514. The summed E-state index contributed by atoms with van der Waals surface area (Å²) in [4.78, 5) is 30.4.